The van der Waals surface area contributed by atoms with Crippen molar-refractivity contribution in [3.8, 4) is 0 Å². The normalized spacial score (nSPS) is 25.3. The Balaban J connectivity index is 1.35. The summed E-state index contributed by atoms with van der Waals surface area (Å²) < 4.78 is 6.08. The summed E-state index contributed by atoms with van der Waals surface area (Å²) in [5.41, 5.74) is 2.45. The molecule has 1 atom stereocenters. The van der Waals surface area contributed by atoms with E-state index in [4.69, 9.17) is 4.74 Å². The van der Waals surface area contributed by atoms with Crippen molar-refractivity contribution in [1.82, 2.24) is 9.80 Å². The molecule has 0 radical (unpaired) electrons. The molecule has 4 nitrogen and oxygen atoms in total. The molecule has 2 saturated heterocycles. The Labute approximate surface area is 163 Å². The summed E-state index contributed by atoms with van der Waals surface area (Å²) >= 11 is 0. The van der Waals surface area contributed by atoms with Gasteiger partial charge in [0.1, 0.15) is 0 Å². The predicted molar refractivity (Wildman–Crippen MR) is 108 cm³/mol. The lowest BCUT2D eigenvalue weighted by Crippen LogP contribution is -2.47. The fourth-order valence-electron chi connectivity index (χ4n) is 4.98. The number of amides is 1. The van der Waals surface area contributed by atoms with Crippen LogP contribution in [0.2, 0.25) is 0 Å². The Hall–Kier alpha value is -1.39. The number of carbonyl (C=O) groups excluding carboxylic acids is 1. The van der Waals surface area contributed by atoms with Crippen LogP contribution in [0.1, 0.15) is 48.5 Å². The number of hydrogen-bond donors (Lipinski definition) is 0. The van der Waals surface area contributed by atoms with Crippen LogP contribution >= 0.6 is 0 Å². The van der Waals surface area contributed by atoms with E-state index in [1.165, 1.54) is 18.4 Å². The van der Waals surface area contributed by atoms with Crippen molar-refractivity contribution in [1.29, 1.82) is 0 Å². The van der Waals surface area contributed by atoms with Crippen LogP contribution in [0, 0.1) is 17.3 Å². The summed E-state index contributed by atoms with van der Waals surface area (Å²) in [6.45, 7) is 8.03. The van der Waals surface area contributed by atoms with Crippen LogP contribution in [0.25, 0.3) is 0 Å². The van der Waals surface area contributed by atoms with Gasteiger partial charge in [0.2, 0.25) is 0 Å². The summed E-state index contributed by atoms with van der Waals surface area (Å²) in [4.78, 5) is 17.4. The van der Waals surface area contributed by atoms with Crippen molar-refractivity contribution >= 4 is 5.91 Å². The number of hydrogen-bond acceptors (Lipinski definition) is 3. The lowest BCUT2D eigenvalue weighted by molar-refractivity contribution is 0.0180. The van der Waals surface area contributed by atoms with Gasteiger partial charge in [0, 0.05) is 44.3 Å². The van der Waals surface area contributed by atoms with Crippen LogP contribution in [-0.4, -0.2) is 62.1 Å². The maximum atomic E-state index is 12.9. The molecule has 1 aromatic rings. The molecule has 1 saturated carbocycles. The van der Waals surface area contributed by atoms with E-state index in [0.717, 1.165) is 70.1 Å². The molecule has 0 unspecified atom stereocenters. The zero-order valence-electron chi connectivity index (χ0n) is 17.0. The molecular formula is C23H34N2O2. The van der Waals surface area contributed by atoms with Crippen LogP contribution in [0.4, 0.5) is 0 Å². The topological polar surface area (TPSA) is 32.8 Å². The maximum Gasteiger partial charge on any atom is 0.253 e. The molecule has 1 aliphatic carbocycles. The number of ether oxygens (including phenoxy) is 1. The van der Waals surface area contributed by atoms with Gasteiger partial charge in [-0.1, -0.05) is 19.1 Å². The van der Waals surface area contributed by atoms with E-state index in [1.807, 2.05) is 12.1 Å². The molecule has 1 aromatic carbocycles. The molecule has 0 aromatic heterocycles. The standard InChI is InChI=1S/C23H34N2O2/c1-3-18-6-8-20(9-7-18)22(26)25-12-10-23(11-13-25)17-24(2)14-21(23)16-27-15-19-4-5-19/h6-9,19,21H,3-5,10-17H2,1-2H3/t21-/m0/s1. The second-order valence-corrected chi connectivity index (χ2v) is 9.08. The van der Waals surface area contributed by atoms with E-state index in [9.17, 15) is 4.79 Å². The third-order valence-electron chi connectivity index (χ3n) is 7.01. The first-order chi connectivity index (χ1) is 13.1. The minimum atomic E-state index is 0.195. The average molecular weight is 371 g/mol. The molecule has 1 amide bonds. The molecule has 3 fully saturated rings. The van der Waals surface area contributed by atoms with Crippen LogP contribution in [-0.2, 0) is 11.2 Å². The predicted octanol–water partition coefficient (Wildman–Crippen LogP) is 3.46. The number of likely N-dealkylation sites (tertiary alicyclic amines) is 2. The third kappa shape index (κ3) is 4.22. The Kier molecular flexibility index (Phi) is 5.56. The molecule has 27 heavy (non-hydrogen) atoms. The highest BCUT2D eigenvalue weighted by molar-refractivity contribution is 5.94. The van der Waals surface area contributed by atoms with Crippen molar-refractivity contribution in [3.63, 3.8) is 0 Å². The SMILES string of the molecule is CCc1ccc(C(=O)N2CCC3(CC2)CN(C)C[C@H]3COCC2CC2)cc1. The number of piperidine rings is 1. The molecule has 1 spiro atoms. The minimum absolute atomic E-state index is 0.195. The first-order valence-electron chi connectivity index (χ1n) is 10.7. The zero-order chi connectivity index (χ0) is 18.9. The summed E-state index contributed by atoms with van der Waals surface area (Å²) in [5.74, 6) is 1.64. The summed E-state index contributed by atoms with van der Waals surface area (Å²) in [5, 5.41) is 0. The van der Waals surface area contributed by atoms with Gasteiger partial charge >= 0.3 is 0 Å². The maximum absolute atomic E-state index is 12.9. The van der Waals surface area contributed by atoms with Gasteiger partial charge in [-0.05, 0) is 68.2 Å². The molecular weight excluding hydrogens is 336 g/mol. The molecule has 4 rings (SSSR count). The Morgan fingerprint density at radius 2 is 1.85 bits per heavy atom. The first kappa shape index (κ1) is 18.9. The second-order valence-electron chi connectivity index (χ2n) is 9.08. The summed E-state index contributed by atoms with van der Waals surface area (Å²) in [6.07, 6.45) is 5.93. The Bertz CT molecular complexity index is 645. The smallest absolute Gasteiger partial charge is 0.253 e. The van der Waals surface area contributed by atoms with E-state index >= 15 is 0 Å². The molecule has 3 aliphatic rings. The van der Waals surface area contributed by atoms with Crippen LogP contribution < -0.4 is 0 Å². The zero-order valence-corrected chi connectivity index (χ0v) is 17.0. The fraction of sp³-hybridized carbons (Fsp3) is 0.696. The molecule has 4 heteroatoms. The van der Waals surface area contributed by atoms with Gasteiger partial charge in [-0.15, -0.1) is 0 Å². The number of rotatable bonds is 6. The molecule has 2 heterocycles. The molecule has 0 bridgehead atoms. The van der Waals surface area contributed by atoms with Crippen LogP contribution in [0.3, 0.4) is 0 Å². The largest absolute Gasteiger partial charge is 0.381 e. The summed E-state index contributed by atoms with van der Waals surface area (Å²) in [6, 6.07) is 8.14. The highest BCUT2D eigenvalue weighted by Gasteiger charge is 2.47. The highest BCUT2D eigenvalue weighted by Crippen LogP contribution is 2.44. The van der Waals surface area contributed by atoms with Gasteiger partial charge in [-0.3, -0.25) is 4.79 Å². The molecule has 2 aliphatic heterocycles. The average Bonchev–Trinajstić information content (AvgIpc) is 3.46. The van der Waals surface area contributed by atoms with Gasteiger partial charge in [0.15, 0.2) is 0 Å². The van der Waals surface area contributed by atoms with Crippen LogP contribution in [0.5, 0.6) is 0 Å². The number of benzene rings is 1. The van der Waals surface area contributed by atoms with Gasteiger partial charge in [0.25, 0.3) is 5.91 Å². The van der Waals surface area contributed by atoms with Crippen molar-refractivity contribution in [2.45, 2.75) is 39.0 Å². The second kappa shape index (κ2) is 7.92. The van der Waals surface area contributed by atoms with Crippen LogP contribution in [0.15, 0.2) is 24.3 Å². The van der Waals surface area contributed by atoms with E-state index in [1.54, 1.807) is 0 Å². The van der Waals surface area contributed by atoms with Gasteiger partial charge < -0.3 is 14.5 Å². The van der Waals surface area contributed by atoms with E-state index < -0.39 is 0 Å². The quantitative estimate of drug-likeness (QED) is 0.769. The summed E-state index contributed by atoms with van der Waals surface area (Å²) in [7, 11) is 2.23. The monoisotopic (exact) mass is 370 g/mol. The highest BCUT2D eigenvalue weighted by atomic mass is 16.5. The Morgan fingerprint density at radius 1 is 1.15 bits per heavy atom. The lowest BCUT2D eigenvalue weighted by Gasteiger charge is -2.42. The Morgan fingerprint density at radius 3 is 2.48 bits per heavy atom. The van der Waals surface area contributed by atoms with Gasteiger partial charge in [-0.25, -0.2) is 0 Å². The van der Waals surface area contributed by atoms with Crippen molar-refractivity contribution in [2.75, 3.05) is 46.4 Å². The van der Waals surface area contributed by atoms with E-state index in [-0.39, 0.29) is 5.91 Å². The van der Waals surface area contributed by atoms with Gasteiger partial charge in [-0.2, -0.15) is 0 Å². The number of carbonyl (C=O) groups is 1. The van der Waals surface area contributed by atoms with E-state index in [2.05, 4.69) is 35.9 Å². The number of aryl methyl sites for hydroxylation is 1. The minimum Gasteiger partial charge on any atom is -0.381 e. The van der Waals surface area contributed by atoms with Crippen molar-refractivity contribution in [3.05, 3.63) is 35.4 Å². The fourth-order valence-corrected chi connectivity index (χ4v) is 4.98. The van der Waals surface area contributed by atoms with Crippen molar-refractivity contribution in [2.24, 2.45) is 17.3 Å². The lowest BCUT2D eigenvalue weighted by atomic mass is 9.71. The molecule has 0 N–H and O–H groups in total. The first-order valence-corrected chi connectivity index (χ1v) is 10.7. The van der Waals surface area contributed by atoms with Crippen molar-refractivity contribution < 1.29 is 9.53 Å². The van der Waals surface area contributed by atoms with Gasteiger partial charge in [0.05, 0.1) is 6.61 Å². The third-order valence-corrected chi connectivity index (χ3v) is 7.01. The van der Waals surface area contributed by atoms with E-state index in [0.29, 0.717) is 11.3 Å². The molecule has 148 valence electrons. The number of nitrogens with zero attached hydrogens (tertiary/aromatic N) is 2.